The molecular formula is C7H14N3O8P. The Bertz CT molecular complexity index is 394. The number of rotatable bonds is 8. The SMILES string of the molecule is NCC(=O)NCC(=O)N[C@@H](COP(=O)(O)O)C(=O)O. The van der Waals surface area contributed by atoms with Crippen LogP contribution in [0.3, 0.4) is 0 Å². The molecular weight excluding hydrogens is 285 g/mol. The molecule has 0 aromatic heterocycles. The van der Waals surface area contributed by atoms with Crippen LogP contribution < -0.4 is 16.4 Å². The van der Waals surface area contributed by atoms with Gasteiger partial charge in [0.05, 0.1) is 19.7 Å². The average Bonchev–Trinajstić information content (AvgIpc) is 2.29. The van der Waals surface area contributed by atoms with Crippen LogP contribution in [-0.2, 0) is 23.5 Å². The Morgan fingerprint density at radius 3 is 2.26 bits per heavy atom. The zero-order valence-electron chi connectivity index (χ0n) is 9.61. The Kier molecular flexibility index (Phi) is 7.19. The van der Waals surface area contributed by atoms with Crippen LogP contribution in [0, 0.1) is 0 Å². The second-order valence-corrected chi connectivity index (χ2v) is 4.46. The number of hydrogen-bond donors (Lipinski definition) is 6. The molecule has 0 unspecified atom stereocenters. The highest BCUT2D eigenvalue weighted by Crippen LogP contribution is 2.35. The van der Waals surface area contributed by atoms with Gasteiger partial charge in [-0.2, -0.15) is 0 Å². The van der Waals surface area contributed by atoms with E-state index >= 15 is 0 Å². The fraction of sp³-hybridized carbons (Fsp3) is 0.571. The number of carboxylic acid groups (broad SMARTS) is 1. The molecule has 110 valence electrons. The first kappa shape index (κ1) is 17.5. The number of phosphoric acid groups is 1. The van der Waals surface area contributed by atoms with E-state index in [0.717, 1.165) is 0 Å². The summed E-state index contributed by atoms with van der Waals surface area (Å²) >= 11 is 0. The first-order valence-corrected chi connectivity index (χ1v) is 6.37. The Morgan fingerprint density at radius 2 is 1.84 bits per heavy atom. The monoisotopic (exact) mass is 299 g/mol. The fourth-order valence-electron chi connectivity index (χ4n) is 0.843. The number of carboxylic acids is 1. The molecule has 0 spiro atoms. The minimum atomic E-state index is -4.84. The molecule has 2 amide bonds. The highest BCUT2D eigenvalue weighted by atomic mass is 31.2. The summed E-state index contributed by atoms with van der Waals surface area (Å²) in [6.45, 7) is -1.77. The van der Waals surface area contributed by atoms with E-state index in [4.69, 9.17) is 20.6 Å². The van der Waals surface area contributed by atoms with Crippen LogP contribution in [0.25, 0.3) is 0 Å². The van der Waals surface area contributed by atoms with Gasteiger partial charge in [-0.3, -0.25) is 14.1 Å². The summed E-state index contributed by atoms with van der Waals surface area (Å²) < 4.78 is 14.4. The predicted octanol–water partition coefficient (Wildman–Crippen LogP) is -3.26. The largest absolute Gasteiger partial charge is 0.480 e. The van der Waals surface area contributed by atoms with Crippen LogP contribution in [0.2, 0.25) is 0 Å². The molecule has 0 saturated carbocycles. The van der Waals surface area contributed by atoms with Gasteiger partial charge in [-0.1, -0.05) is 0 Å². The van der Waals surface area contributed by atoms with E-state index in [0.29, 0.717) is 0 Å². The molecule has 0 aliphatic heterocycles. The van der Waals surface area contributed by atoms with E-state index in [1.54, 1.807) is 0 Å². The van der Waals surface area contributed by atoms with Crippen LogP contribution in [-0.4, -0.2) is 58.4 Å². The molecule has 0 aromatic carbocycles. The number of aliphatic carboxylic acids is 1. The van der Waals surface area contributed by atoms with Gasteiger partial charge in [0.2, 0.25) is 11.8 Å². The zero-order chi connectivity index (χ0) is 15.1. The average molecular weight is 299 g/mol. The van der Waals surface area contributed by atoms with Gasteiger partial charge in [-0.25, -0.2) is 9.36 Å². The van der Waals surface area contributed by atoms with E-state index in [2.05, 4.69) is 9.84 Å². The minimum Gasteiger partial charge on any atom is -0.480 e. The molecule has 0 saturated heterocycles. The van der Waals surface area contributed by atoms with Crippen molar-refractivity contribution in [2.45, 2.75) is 6.04 Å². The van der Waals surface area contributed by atoms with E-state index in [-0.39, 0.29) is 6.54 Å². The maximum absolute atomic E-state index is 11.2. The molecule has 0 fully saturated rings. The Labute approximate surface area is 107 Å². The normalized spacial score (nSPS) is 12.6. The summed E-state index contributed by atoms with van der Waals surface area (Å²) in [6.07, 6.45) is 0. The molecule has 0 radical (unpaired) electrons. The topological polar surface area (TPSA) is 188 Å². The number of phosphoric ester groups is 1. The lowest BCUT2D eigenvalue weighted by atomic mass is 10.3. The van der Waals surface area contributed by atoms with Crippen LogP contribution in [0.15, 0.2) is 0 Å². The number of amides is 2. The highest BCUT2D eigenvalue weighted by molar-refractivity contribution is 7.46. The molecule has 0 rings (SSSR count). The molecule has 19 heavy (non-hydrogen) atoms. The molecule has 0 aromatic rings. The van der Waals surface area contributed by atoms with E-state index in [1.165, 1.54) is 0 Å². The third kappa shape index (κ3) is 9.11. The second-order valence-electron chi connectivity index (χ2n) is 3.23. The summed E-state index contributed by atoms with van der Waals surface area (Å²) in [6, 6.07) is -1.66. The second kappa shape index (κ2) is 7.81. The number of carbonyl (C=O) groups is 3. The summed E-state index contributed by atoms with van der Waals surface area (Å²) in [5, 5.41) is 12.7. The van der Waals surface area contributed by atoms with E-state index < -0.39 is 44.8 Å². The van der Waals surface area contributed by atoms with Gasteiger partial charge < -0.3 is 31.3 Å². The van der Waals surface area contributed by atoms with Gasteiger partial charge >= 0.3 is 13.8 Å². The maximum atomic E-state index is 11.2. The summed E-state index contributed by atoms with van der Waals surface area (Å²) in [5.41, 5.74) is 4.96. The maximum Gasteiger partial charge on any atom is 0.469 e. The lowest BCUT2D eigenvalue weighted by Crippen LogP contribution is -2.48. The Hall–Kier alpha value is -1.52. The molecule has 0 aliphatic rings. The van der Waals surface area contributed by atoms with Gasteiger partial charge in [0.15, 0.2) is 6.04 Å². The van der Waals surface area contributed by atoms with Crippen LogP contribution >= 0.6 is 7.82 Å². The van der Waals surface area contributed by atoms with Crippen molar-refractivity contribution in [3.05, 3.63) is 0 Å². The predicted molar refractivity (Wildman–Crippen MR) is 59.6 cm³/mol. The van der Waals surface area contributed by atoms with Crippen molar-refractivity contribution in [3.63, 3.8) is 0 Å². The van der Waals surface area contributed by atoms with Crippen molar-refractivity contribution in [1.29, 1.82) is 0 Å². The van der Waals surface area contributed by atoms with Crippen molar-refractivity contribution in [1.82, 2.24) is 10.6 Å². The third-order valence-corrected chi connectivity index (χ3v) is 2.16. The molecule has 0 aliphatic carbocycles. The number of nitrogens with one attached hydrogen (secondary N) is 2. The quantitative estimate of drug-likeness (QED) is 0.250. The van der Waals surface area contributed by atoms with Gasteiger partial charge in [-0.05, 0) is 0 Å². The molecule has 0 bridgehead atoms. The summed E-state index contributed by atoms with van der Waals surface area (Å²) in [4.78, 5) is 49.5. The minimum absolute atomic E-state index is 0.336. The van der Waals surface area contributed by atoms with Crippen LogP contribution in [0.1, 0.15) is 0 Å². The molecule has 1 atom stereocenters. The van der Waals surface area contributed by atoms with Gasteiger partial charge in [0, 0.05) is 0 Å². The number of nitrogens with two attached hydrogens (primary N) is 1. The first-order valence-electron chi connectivity index (χ1n) is 4.84. The zero-order valence-corrected chi connectivity index (χ0v) is 10.5. The van der Waals surface area contributed by atoms with Crippen molar-refractivity contribution >= 4 is 25.6 Å². The van der Waals surface area contributed by atoms with Crippen molar-refractivity contribution in [2.24, 2.45) is 5.73 Å². The molecule has 12 heteroatoms. The molecule has 0 heterocycles. The number of carbonyl (C=O) groups excluding carboxylic acids is 2. The van der Waals surface area contributed by atoms with Gasteiger partial charge in [-0.15, -0.1) is 0 Å². The van der Waals surface area contributed by atoms with Crippen LogP contribution in [0.4, 0.5) is 0 Å². The third-order valence-electron chi connectivity index (χ3n) is 1.67. The van der Waals surface area contributed by atoms with E-state index in [9.17, 15) is 18.9 Å². The number of hydrogen-bond acceptors (Lipinski definition) is 6. The lowest BCUT2D eigenvalue weighted by Gasteiger charge is -2.15. The van der Waals surface area contributed by atoms with Crippen molar-refractivity contribution in [3.8, 4) is 0 Å². The standard InChI is InChI=1S/C7H14N3O8P/c8-1-5(11)9-2-6(12)10-4(7(13)14)3-18-19(15,16)17/h4H,1-3,8H2,(H,9,11)(H,10,12)(H,13,14)(H2,15,16,17)/t4-/m0/s1. The molecule has 11 nitrogen and oxygen atoms in total. The first-order chi connectivity index (χ1) is 8.65. The Balaban J connectivity index is 4.27. The van der Waals surface area contributed by atoms with Crippen molar-refractivity contribution in [2.75, 3.05) is 19.7 Å². The highest BCUT2D eigenvalue weighted by Gasteiger charge is 2.24. The summed E-state index contributed by atoms with van der Waals surface area (Å²) in [7, 11) is -4.84. The lowest BCUT2D eigenvalue weighted by molar-refractivity contribution is -0.142. The van der Waals surface area contributed by atoms with E-state index in [1.807, 2.05) is 5.32 Å². The van der Waals surface area contributed by atoms with Gasteiger partial charge in [0.25, 0.3) is 0 Å². The molecule has 7 N–H and O–H groups in total. The smallest absolute Gasteiger partial charge is 0.469 e. The Morgan fingerprint density at radius 1 is 1.26 bits per heavy atom. The van der Waals surface area contributed by atoms with Crippen molar-refractivity contribution < 1.29 is 38.4 Å². The van der Waals surface area contributed by atoms with Gasteiger partial charge in [0.1, 0.15) is 0 Å². The van der Waals surface area contributed by atoms with Crippen LogP contribution in [0.5, 0.6) is 0 Å². The fourth-order valence-corrected chi connectivity index (χ4v) is 1.19. The summed E-state index contributed by atoms with van der Waals surface area (Å²) in [5.74, 6) is -3.04.